The highest BCUT2D eigenvalue weighted by atomic mass is 16.5. The Balaban J connectivity index is 1.63. The van der Waals surface area contributed by atoms with Gasteiger partial charge in [-0.15, -0.1) is 0 Å². The third kappa shape index (κ3) is 4.09. The van der Waals surface area contributed by atoms with E-state index in [2.05, 4.69) is 0 Å². The summed E-state index contributed by atoms with van der Waals surface area (Å²) in [6.07, 6.45) is 4.79. The molecule has 0 aromatic heterocycles. The first-order valence-electron chi connectivity index (χ1n) is 9.88. The lowest BCUT2D eigenvalue weighted by atomic mass is 9.85. The molecule has 2 aliphatic rings. The van der Waals surface area contributed by atoms with Crippen LogP contribution in [0.5, 0.6) is 0 Å². The average Bonchev–Trinajstić information content (AvgIpc) is 2.97. The van der Waals surface area contributed by atoms with Crippen molar-refractivity contribution in [3.8, 4) is 0 Å². The maximum absolute atomic E-state index is 12.7. The second-order valence-corrected chi connectivity index (χ2v) is 7.68. The van der Waals surface area contributed by atoms with E-state index >= 15 is 0 Å². The summed E-state index contributed by atoms with van der Waals surface area (Å²) in [7, 11) is 0. The Kier molecular flexibility index (Phi) is 6.15. The van der Waals surface area contributed by atoms with Gasteiger partial charge in [-0.25, -0.2) is 4.79 Å². The van der Waals surface area contributed by atoms with Gasteiger partial charge in [0.1, 0.15) is 6.04 Å². The molecule has 0 radical (unpaired) electrons. The third-order valence-corrected chi connectivity index (χ3v) is 5.43. The zero-order valence-electron chi connectivity index (χ0n) is 16.9. The first kappa shape index (κ1) is 20.8. The number of anilines is 1. The van der Waals surface area contributed by atoms with Crippen LogP contribution in [0.3, 0.4) is 0 Å². The number of benzene rings is 1. The maximum Gasteiger partial charge on any atom is 0.329 e. The molecule has 0 spiro atoms. The number of carbonyl (C=O) groups is 4. The molecule has 29 heavy (non-hydrogen) atoms. The number of allylic oxidation sites excluding steroid dienone is 2. The molecular weight excluding hydrogens is 372 g/mol. The number of nitrogens with zero attached hydrogens (tertiary/aromatic N) is 2. The summed E-state index contributed by atoms with van der Waals surface area (Å²) in [6, 6.07) is 7.93. The molecule has 1 aliphatic heterocycles. The number of amides is 3. The lowest BCUT2D eigenvalue weighted by Gasteiger charge is -2.27. The molecule has 154 valence electrons. The second-order valence-electron chi connectivity index (χ2n) is 7.68. The zero-order valence-corrected chi connectivity index (χ0v) is 16.9. The van der Waals surface area contributed by atoms with Crippen LogP contribution in [0.15, 0.2) is 42.5 Å². The highest BCUT2D eigenvalue weighted by molar-refractivity contribution is 6.08. The summed E-state index contributed by atoms with van der Waals surface area (Å²) in [5.41, 5.74) is 0.707. The van der Waals surface area contributed by atoms with E-state index in [1.54, 1.807) is 17.0 Å². The topological polar surface area (TPSA) is 84.0 Å². The van der Waals surface area contributed by atoms with E-state index in [4.69, 9.17) is 4.74 Å². The summed E-state index contributed by atoms with van der Waals surface area (Å²) in [5.74, 6) is -2.62. The first-order chi connectivity index (χ1) is 13.8. The third-order valence-electron chi connectivity index (χ3n) is 5.43. The van der Waals surface area contributed by atoms with Gasteiger partial charge in [-0.3, -0.25) is 19.3 Å². The van der Waals surface area contributed by atoms with Crippen molar-refractivity contribution in [1.82, 2.24) is 4.90 Å². The van der Waals surface area contributed by atoms with Crippen LogP contribution in [-0.4, -0.2) is 47.3 Å². The van der Waals surface area contributed by atoms with Gasteiger partial charge in [0.25, 0.3) is 5.91 Å². The highest BCUT2D eigenvalue weighted by Crippen LogP contribution is 2.36. The Morgan fingerprint density at radius 3 is 2.10 bits per heavy atom. The van der Waals surface area contributed by atoms with Crippen molar-refractivity contribution >= 4 is 29.4 Å². The van der Waals surface area contributed by atoms with Gasteiger partial charge < -0.3 is 9.64 Å². The van der Waals surface area contributed by atoms with Crippen LogP contribution in [0.1, 0.15) is 33.6 Å². The fourth-order valence-electron chi connectivity index (χ4n) is 3.95. The number of carbonyl (C=O) groups excluding carboxylic acids is 4. The number of hydrogen-bond donors (Lipinski definition) is 0. The number of rotatable bonds is 6. The molecule has 0 saturated carbocycles. The number of likely N-dealkylation sites (tertiary alicyclic amines) is 1. The minimum absolute atomic E-state index is 0.126. The molecule has 0 bridgehead atoms. The summed E-state index contributed by atoms with van der Waals surface area (Å²) < 4.78 is 5.19. The molecule has 3 amide bonds. The normalized spacial score (nSPS) is 21.9. The van der Waals surface area contributed by atoms with E-state index in [0.717, 1.165) is 4.90 Å². The average molecular weight is 398 g/mol. The van der Waals surface area contributed by atoms with Crippen molar-refractivity contribution in [3.05, 3.63) is 42.5 Å². The molecule has 1 heterocycles. The van der Waals surface area contributed by atoms with Gasteiger partial charge in [0, 0.05) is 11.7 Å². The van der Waals surface area contributed by atoms with Gasteiger partial charge in [0.15, 0.2) is 6.61 Å². The van der Waals surface area contributed by atoms with Gasteiger partial charge in [-0.2, -0.15) is 0 Å². The van der Waals surface area contributed by atoms with Crippen molar-refractivity contribution in [1.29, 1.82) is 0 Å². The maximum atomic E-state index is 12.7. The molecule has 0 unspecified atom stereocenters. The van der Waals surface area contributed by atoms with Gasteiger partial charge in [0.2, 0.25) is 11.8 Å². The molecule has 7 heteroatoms. The number of esters is 1. The number of imide groups is 1. The van der Waals surface area contributed by atoms with Gasteiger partial charge >= 0.3 is 5.97 Å². The van der Waals surface area contributed by atoms with Crippen molar-refractivity contribution < 1.29 is 23.9 Å². The first-order valence-corrected chi connectivity index (χ1v) is 9.88. The van der Waals surface area contributed by atoms with Crippen LogP contribution >= 0.6 is 0 Å². The molecule has 1 aliphatic carbocycles. The quantitative estimate of drug-likeness (QED) is 0.417. The van der Waals surface area contributed by atoms with Gasteiger partial charge in [-0.1, -0.05) is 30.4 Å². The van der Waals surface area contributed by atoms with Crippen LogP contribution < -0.4 is 4.90 Å². The Labute approximate surface area is 170 Å². The predicted molar refractivity (Wildman–Crippen MR) is 107 cm³/mol. The monoisotopic (exact) mass is 398 g/mol. The van der Waals surface area contributed by atoms with Crippen molar-refractivity contribution in [2.75, 3.05) is 11.5 Å². The zero-order chi connectivity index (χ0) is 21.1. The van der Waals surface area contributed by atoms with Crippen LogP contribution in [0.25, 0.3) is 0 Å². The summed E-state index contributed by atoms with van der Waals surface area (Å²) in [4.78, 5) is 52.9. The molecule has 7 nitrogen and oxygen atoms in total. The Morgan fingerprint density at radius 2 is 1.59 bits per heavy atom. The van der Waals surface area contributed by atoms with Gasteiger partial charge in [-0.05, 0) is 45.7 Å². The molecular formula is C22H26N2O5. The molecule has 1 aromatic carbocycles. The number of fused-ring (bicyclic) bond motifs is 1. The Bertz CT molecular complexity index is 807. The largest absolute Gasteiger partial charge is 0.454 e. The second kappa shape index (κ2) is 8.59. The highest BCUT2D eigenvalue weighted by Gasteiger charge is 2.50. The SMILES string of the molecule is CC(C)N(C(=O)COC(=O)[C@H](C)N1C(=O)[C@H]2CC=CC[C@@H]2C1=O)c1ccccc1. The lowest BCUT2D eigenvalue weighted by Crippen LogP contribution is -2.46. The van der Waals surface area contributed by atoms with E-state index in [1.807, 2.05) is 44.2 Å². The van der Waals surface area contributed by atoms with Gasteiger partial charge in [0.05, 0.1) is 11.8 Å². The molecule has 1 fully saturated rings. The van der Waals surface area contributed by atoms with Crippen LogP contribution in [0.2, 0.25) is 0 Å². The standard InChI is InChI=1S/C22H26N2O5/c1-14(2)23(16-9-5-4-6-10-16)19(25)13-29-22(28)15(3)24-20(26)17-11-7-8-12-18(17)21(24)27/h4-10,14-15,17-18H,11-13H2,1-3H3/t15-,17-,18-/m0/s1. The molecule has 3 rings (SSSR count). The van der Waals surface area contributed by atoms with Crippen LogP contribution in [0.4, 0.5) is 5.69 Å². The fraction of sp³-hybridized carbons (Fsp3) is 0.455. The number of hydrogen-bond acceptors (Lipinski definition) is 5. The smallest absolute Gasteiger partial charge is 0.329 e. The molecule has 3 atom stereocenters. The molecule has 1 aromatic rings. The summed E-state index contributed by atoms with van der Waals surface area (Å²) >= 11 is 0. The van der Waals surface area contributed by atoms with Crippen LogP contribution in [0, 0.1) is 11.8 Å². The summed E-state index contributed by atoms with van der Waals surface area (Å²) in [5, 5.41) is 0. The number of para-hydroxylation sites is 1. The fourth-order valence-corrected chi connectivity index (χ4v) is 3.95. The molecule has 0 N–H and O–H groups in total. The summed E-state index contributed by atoms with van der Waals surface area (Å²) in [6.45, 7) is 4.74. The minimum Gasteiger partial charge on any atom is -0.454 e. The van der Waals surface area contributed by atoms with E-state index in [0.29, 0.717) is 18.5 Å². The predicted octanol–water partition coefficient (Wildman–Crippen LogP) is 2.31. The van der Waals surface area contributed by atoms with E-state index in [9.17, 15) is 19.2 Å². The molecule has 1 saturated heterocycles. The number of ether oxygens (including phenoxy) is 1. The van der Waals surface area contributed by atoms with Crippen molar-refractivity contribution in [3.63, 3.8) is 0 Å². The van der Waals surface area contributed by atoms with E-state index in [-0.39, 0.29) is 23.8 Å². The van der Waals surface area contributed by atoms with Crippen molar-refractivity contribution in [2.24, 2.45) is 11.8 Å². The van der Waals surface area contributed by atoms with E-state index < -0.39 is 30.5 Å². The van der Waals surface area contributed by atoms with Crippen LogP contribution in [-0.2, 0) is 23.9 Å². The Hall–Kier alpha value is -2.96. The lowest BCUT2D eigenvalue weighted by molar-refractivity contribution is -0.159. The Morgan fingerprint density at radius 1 is 1.03 bits per heavy atom. The minimum atomic E-state index is -1.06. The van der Waals surface area contributed by atoms with Crippen molar-refractivity contribution in [2.45, 2.75) is 45.7 Å². The van der Waals surface area contributed by atoms with E-state index in [1.165, 1.54) is 6.92 Å².